The molecule has 0 bridgehead atoms. The van der Waals surface area contributed by atoms with Crippen LogP contribution in [0.2, 0.25) is 0 Å². The van der Waals surface area contributed by atoms with Gasteiger partial charge in [0, 0.05) is 37.2 Å². The second-order valence-electron chi connectivity index (χ2n) is 11.0. The zero-order valence-electron chi connectivity index (χ0n) is 24.0. The topological polar surface area (TPSA) is 72.9 Å². The Kier molecular flexibility index (Phi) is 10.2. The molecule has 2 heterocycles. The van der Waals surface area contributed by atoms with Crippen LogP contribution in [0.25, 0.3) is 10.9 Å². The van der Waals surface area contributed by atoms with Crippen molar-refractivity contribution in [3.8, 4) is 11.5 Å². The minimum atomic E-state index is -0.0901. The number of fused-ring (bicyclic) bond motifs is 1. The molecule has 1 saturated heterocycles. The highest BCUT2D eigenvalue weighted by atomic mass is 16.5. The zero-order chi connectivity index (χ0) is 27.8. The van der Waals surface area contributed by atoms with Gasteiger partial charge in [-0.3, -0.25) is 4.79 Å². The number of hydrogen-bond acceptors (Lipinski definition) is 6. The highest BCUT2D eigenvalue weighted by Gasteiger charge is 2.30. The number of carbonyl (C=O) groups is 1. The summed E-state index contributed by atoms with van der Waals surface area (Å²) in [6.07, 6.45) is 3.08. The molecule has 210 valence electrons. The summed E-state index contributed by atoms with van der Waals surface area (Å²) in [6, 6.07) is 16.3. The Morgan fingerprint density at radius 2 is 1.79 bits per heavy atom. The summed E-state index contributed by atoms with van der Waals surface area (Å²) in [7, 11) is 1.64. The number of aromatic nitrogens is 1. The van der Waals surface area contributed by atoms with Crippen molar-refractivity contribution in [2.45, 2.75) is 65.6 Å². The first-order valence-corrected chi connectivity index (χ1v) is 14.2. The van der Waals surface area contributed by atoms with Crippen molar-refractivity contribution in [1.82, 2.24) is 15.2 Å². The number of para-hydroxylation sites is 1. The Morgan fingerprint density at radius 1 is 1.03 bits per heavy atom. The smallest absolute Gasteiger partial charge is 0.273 e. The van der Waals surface area contributed by atoms with Crippen molar-refractivity contribution in [3.05, 3.63) is 65.4 Å². The van der Waals surface area contributed by atoms with E-state index in [4.69, 9.17) is 19.2 Å². The molecule has 7 heteroatoms. The van der Waals surface area contributed by atoms with E-state index in [1.807, 2.05) is 23.1 Å². The number of carbonyl (C=O) groups excluding carboxylic acids is 1. The maximum atomic E-state index is 13.9. The first-order valence-electron chi connectivity index (χ1n) is 14.2. The SMILES string of the molecule is COCCOc1cc(C(=O)N(C(C)C)[C@@H]2CCCNC2)nc2c(OCc3ccc(CC(C)C)cc3)cccc12. The fourth-order valence-electron chi connectivity index (χ4n) is 5.20. The molecule has 4 rings (SSSR count). The van der Waals surface area contributed by atoms with Gasteiger partial charge in [0.1, 0.15) is 35.9 Å². The second kappa shape index (κ2) is 13.8. The second-order valence-corrected chi connectivity index (χ2v) is 11.0. The number of piperidine rings is 1. The zero-order valence-corrected chi connectivity index (χ0v) is 24.0. The number of benzene rings is 2. The maximum Gasteiger partial charge on any atom is 0.273 e. The third-order valence-electron chi connectivity index (χ3n) is 7.05. The number of rotatable bonds is 12. The summed E-state index contributed by atoms with van der Waals surface area (Å²) < 4.78 is 17.6. The molecule has 1 atom stereocenters. The molecule has 39 heavy (non-hydrogen) atoms. The monoisotopic (exact) mass is 533 g/mol. The summed E-state index contributed by atoms with van der Waals surface area (Å²) in [5.74, 6) is 1.76. The van der Waals surface area contributed by atoms with Crippen molar-refractivity contribution < 1.29 is 19.0 Å². The molecule has 1 aromatic heterocycles. The number of amides is 1. The molecule has 1 aliphatic heterocycles. The number of nitrogens with zero attached hydrogens (tertiary/aromatic N) is 2. The van der Waals surface area contributed by atoms with Gasteiger partial charge in [0.15, 0.2) is 0 Å². The molecule has 1 amide bonds. The number of methoxy groups -OCH3 is 1. The Bertz CT molecular complexity index is 1220. The van der Waals surface area contributed by atoms with Gasteiger partial charge in [-0.2, -0.15) is 0 Å². The molecular weight excluding hydrogens is 490 g/mol. The van der Waals surface area contributed by atoms with Crippen molar-refractivity contribution in [3.63, 3.8) is 0 Å². The molecule has 0 saturated carbocycles. The van der Waals surface area contributed by atoms with Crippen LogP contribution in [0.1, 0.15) is 62.2 Å². The molecule has 1 aliphatic rings. The van der Waals surface area contributed by atoms with Gasteiger partial charge in [0.05, 0.1) is 6.61 Å². The van der Waals surface area contributed by atoms with E-state index in [0.717, 1.165) is 43.3 Å². The molecule has 7 nitrogen and oxygen atoms in total. The first-order chi connectivity index (χ1) is 18.9. The molecule has 1 N–H and O–H groups in total. The number of pyridine rings is 1. The van der Waals surface area contributed by atoms with Crippen LogP contribution in [0.4, 0.5) is 0 Å². The first kappa shape index (κ1) is 28.8. The molecule has 3 aromatic rings. The molecular formula is C32H43N3O4. The lowest BCUT2D eigenvalue weighted by molar-refractivity contribution is 0.0567. The van der Waals surface area contributed by atoms with Crippen LogP contribution in [0.15, 0.2) is 48.5 Å². The van der Waals surface area contributed by atoms with Crippen LogP contribution in [-0.4, -0.2) is 61.3 Å². The lowest BCUT2D eigenvalue weighted by Crippen LogP contribution is -2.51. The van der Waals surface area contributed by atoms with Gasteiger partial charge in [0.25, 0.3) is 5.91 Å². The van der Waals surface area contributed by atoms with Gasteiger partial charge >= 0.3 is 0 Å². The molecule has 2 aromatic carbocycles. The van der Waals surface area contributed by atoms with E-state index < -0.39 is 0 Å². The van der Waals surface area contributed by atoms with Crippen LogP contribution in [-0.2, 0) is 17.8 Å². The van der Waals surface area contributed by atoms with Crippen LogP contribution < -0.4 is 14.8 Å². The maximum absolute atomic E-state index is 13.9. The predicted octanol–water partition coefficient (Wildman–Crippen LogP) is 5.64. The third kappa shape index (κ3) is 7.49. The van der Waals surface area contributed by atoms with E-state index in [2.05, 4.69) is 57.3 Å². The standard InChI is InChI=1S/C32H43N3O4/c1-22(2)18-24-11-13-25(14-12-24)21-39-29-10-6-9-27-30(38-17-16-37-5)19-28(34-31(27)29)32(36)35(23(3)4)26-8-7-15-33-20-26/h6,9-14,19,22-23,26,33H,7-8,15-18,20-21H2,1-5H3/t26-/m1/s1. The fraction of sp³-hybridized carbons (Fsp3) is 0.500. The van der Waals surface area contributed by atoms with Gasteiger partial charge in [-0.15, -0.1) is 0 Å². The number of hydrogen-bond donors (Lipinski definition) is 1. The number of ether oxygens (including phenoxy) is 3. The van der Waals surface area contributed by atoms with Crippen LogP contribution >= 0.6 is 0 Å². The van der Waals surface area contributed by atoms with E-state index >= 15 is 0 Å². The van der Waals surface area contributed by atoms with E-state index in [1.54, 1.807) is 13.2 Å². The minimum absolute atomic E-state index is 0.0444. The molecule has 1 fully saturated rings. The van der Waals surface area contributed by atoms with Crippen LogP contribution in [0.5, 0.6) is 11.5 Å². The normalized spacial score (nSPS) is 15.6. The minimum Gasteiger partial charge on any atom is -0.490 e. The summed E-state index contributed by atoms with van der Waals surface area (Å²) in [5, 5.41) is 4.24. The molecule has 0 radical (unpaired) electrons. The van der Waals surface area contributed by atoms with Crippen molar-refractivity contribution >= 4 is 16.8 Å². The van der Waals surface area contributed by atoms with Gasteiger partial charge in [-0.25, -0.2) is 4.98 Å². The highest BCUT2D eigenvalue weighted by Crippen LogP contribution is 2.33. The Morgan fingerprint density at radius 3 is 2.46 bits per heavy atom. The Labute approximate surface area is 232 Å². The fourth-order valence-corrected chi connectivity index (χ4v) is 5.20. The summed E-state index contributed by atoms with van der Waals surface area (Å²) in [4.78, 5) is 20.8. The lowest BCUT2D eigenvalue weighted by Gasteiger charge is -2.37. The molecule has 0 spiro atoms. The molecule has 0 aliphatic carbocycles. The van der Waals surface area contributed by atoms with E-state index in [-0.39, 0.29) is 18.0 Å². The van der Waals surface area contributed by atoms with Gasteiger partial charge in [-0.05, 0) is 68.8 Å². The van der Waals surface area contributed by atoms with Crippen LogP contribution in [0.3, 0.4) is 0 Å². The Balaban J connectivity index is 1.65. The average Bonchev–Trinajstić information content (AvgIpc) is 2.93. The Hall–Kier alpha value is -3.16. The van der Waals surface area contributed by atoms with E-state index in [9.17, 15) is 4.79 Å². The largest absolute Gasteiger partial charge is 0.490 e. The van der Waals surface area contributed by atoms with E-state index in [1.165, 1.54) is 5.56 Å². The number of nitrogens with one attached hydrogen (secondary N) is 1. The van der Waals surface area contributed by atoms with Gasteiger partial charge in [-0.1, -0.05) is 44.2 Å². The summed E-state index contributed by atoms with van der Waals surface area (Å²) in [5.41, 5.74) is 3.39. The van der Waals surface area contributed by atoms with Gasteiger partial charge < -0.3 is 24.4 Å². The lowest BCUT2D eigenvalue weighted by atomic mass is 10.0. The van der Waals surface area contributed by atoms with Gasteiger partial charge in [0.2, 0.25) is 0 Å². The molecule has 0 unspecified atom stereocenters. The predicted molar refractivity (Wildman–Crippen MR) is 156 cm³/mol. The summed E-state index contributed by atoms with van der Waals surface area (Å²) >= 11 is 0. The van der Waals surface area contributed by atoms with Crippen molar-refractivity contribution in [1.29, 1.82) is 0 Å². The van der Waals surface area contributed by atoms with E-state index in [0.29, 0.717) is 48.4 Å². The van der Waals surface area contributed by atoms with Crippen LogP contribution in [0, 0.1) is 5.92 Å². The van der Waals surface area contributed by atoms with Crippen molar-refractivity contribution in [2.24, 2.45) is 5.92 Å². The van der Waals surface area contributed by atoms with Crippen molar-refractivity contribution in [2.75, 3.05) is 33.4 Å². The third-order valence-corrected chi connectivity index (χ3v) is 7.05. The average molecular weight is 534 g/mol. The highest BCUT2D eigenvalue weighted by molar-refractivity contribution is 5.98. The summed E-state index contributed by atoms with van der Waals surface area (Å²) in [6.45, 7) is 11.6. The quantitative estimate of drug-likeness (QED) is 0.304.